The van der Waals surface area contributed by atoms with Gasteiger partial charge in [0, 0.05) is 3.92 Å². The zero-order valence-corrected chi connectivity index (χ0v) is 8.34. The molecule has 3 heteroatoms. The number of methoxy groups -OCH3 is 1. The lowest BCUT2D eigenvalue weighted by molar-refractivity contribution is -0.156. The molecule has 0 aromatic carbocycles. The number of esters is 1. The lowest BCUT2D eigenvalue weighted by atomic mass is 9.70. The summed E-state index contributed by atoms with van der Waals surface area (Å²) in [7, 11) is 1.45. The number of hydrogen-bond donors (Lipinski definition) is 0. The van der Waals surface area contributed by atoms with Gasteiger partial charge in [-0.25, -0.2) is 0 Å². The molecule has 10 heavy (non-hydrogen) atoms. The Morgan fingerprint density at radius 3 is 2.50 bits per heavy atom. The van der Waals surface area contributed by atoms with Gasteiger partial charge in [0.25, 0.3) is 0 Å². The second kappa shape index (κ2) is 2.68. The van der Waals surface area contributed by atoms with Crippen LogP contribution in [0.4, 0.5) is 0 Å². The molecule has 0 aromatic rings. The van der Waals surface area contributed by atoms with Gasteiger partial charge in [-0.2, -0.15) is 0 Å². The predicted octanol–water partition coefficient (Wildman–Crippen LogP) is 1.76. The Hall–Kier alpha value is 0.200. The molecule has 0 heterocycles. The van der Waals surface area contributed by atoms with Gasteiger partial charge in [-0.05, 0) is 19.8 Å². The zero-order valence-electron chi connectivity index (χ0n) is 6.19. The Balaban J connectivity index is 2.48. The van der Waals surface area contributed by atoms with Crippen LogP contribution in [-0.4, -0.2) is 17.0 Å². The second-order valence-corrected chi connectivity index (χ2v) is 4.82. The highest BCUT2D eigenvalue weighted by atomic mass is 127. The molecule has 0 aromatic heterocycles. The molecule has 0 saturated heterocycles. The van der Waals surface area contributed by atoms with Gasteiger partial charge in [-0.1, -0.05) is 22.6 Å². The van der Waals surface area contributed by atoms with Crippen LogP contribution in [0.2, 0.25) is 0 Å². The van der Waals surface area contributed by atoms with Gasteiger partial charge in [0.15, 0.2) is 0 Å². The third kappa shape index (κ3) is 1.28. The van der Waals surface area contributed by atoms with Crippen molar-refractivity contribution in [2.45, 2.75) is 23.7 Å². The van der Waals surface area contributed by atoms with Crippen LogP contribution in [0.25, 0.3) is 0 Å². The van der Waals surface area contributed by atoms with E-state index in [9.17, 15) is 4.79 Å². The molecule has 0 spiro atoms. The summed E-state index contributed by atoms with van der Waals surface area (Å²) in [6.07, 6.45) is 1.94. The topological polar surface area (TPSA) is 26.3 Å². The number of hydrogen-bond acceptors (Lipinski definition) is 2. The molecular weight excluding hydrogens is 243 g/mol. The first-order valence-corrected chi connectivity index (χ1v) is 4.55. The van der Waals surface area contributed by atoms with Gasteiger partial charge in [0.2, 0.25) is 0 Å². The van der Waals surface area contributed by atoms with E-state index in [4.69, 9.17) is 0 Å². The first kappa shape index (κ1) is 8.30. The van der Waals surface area contributed by atoms with E-state index in [1.165, 1.54) is 7.11 Å². The molecule has 0 N–H and O–H groups in total. The lowest BCUT2D eigenvalue weighted by Crippen LogP contribution is -2.42. The maximum Gasteiger partial charge on any atom is 0.311 e. The highest BCUT2D eigenvalue weighted by Gasteiger charge is 2.45. The lowest BCUT2D eigenvalue weighted by Gasteiger charge is -2.39. The molecule has 0 bridgehead atoms. The number of alkyl halides is 1. The monoisotopic (exact) mass is 254 g/mol. The van der Waals surface area contributed by atoms with E-state index >= 15 is 0 Å². The van der Waals surface area contributed by atoms with E-state index in [-0.39, 0.29) is 11.4 Å². The first-order chi connectivity index (χ1) is 4.58. The van der Waals surface area contributed by atoms with Crippen molar-refractivity contribution in [3.8, 4) is 0 Å². The van der Waals surface area contributed by atoms with Crippen LogP contribution in [0.15, 0.2) is 0 Å². The quantitative estimate of drug-likeness (QED) is 0.405. The normalized spacial score (nSPS) is 38.5. The highest BCUT2D eigenvalue weighted by molar-refractivity contribution is 14.1. The van der Waals surface area contributed by atoms with Crippen LogP contribution >= 0.6 is 22.6 Å². The molecule has 2 nitrogen and oxygen atoms in total. The molecule has 0 unspecified atom stereocenters. The van der Waals surface area contributed by atoms with Crippen LogP contribution in [0.1, 0.15) is 19.8 Å². The summed E-state index contributed by atoms with van der Waals surface area (Å²) >= 11 is 2.36. The van der Waals surface area contributed by atoms with Crippen molar-refractivity contribution in [2.75, 3.05) is 7.11 Å². The van der Waals surface area contributed by atoms with E-state index in [2.05, 4.69) is 27.3 Å². The summed E-state index contributed by atoms with van der Waals surface area (Å²) in [5.41, 5.74) is -0.166. The number of ether oxygens (including phenoxy) is 1. The van der Waals surface area contributed by atoms with Gasteiger partial charge in [-0.15, -0.1) is 0 Å². The molecule has 1 rings (SSSR count). The summed E-state index contributed by atoms with van der Waals surface area (Å²) in [6.45, 7) is 1.97. The Kier molecular flexibility index (Phi) is 2.22. The molecule has 0 amide bonds. The van der Waals surface area contributed by atoms with E-state index < -0.39 is 0 Å². The SMILES string of the molecule is COC(=O)C1(C)CC(I)C1. The minimum Gasteiger partial charge on any atom is -0.469 e. The summed E-state index contributed by atoms with van der Waals surface area (Å²) in [5, 5.41) is 0. The van der Waals surface area contributed by atoms with Gasteiger partial charge in [0.1, 0.15) is 0 Å². The van der Waals surface area contributed by atoms with E-state index in [0.717, 1.165) is 12.8 Å². The molecule has 1 saturated carbocycles. The summed E-state index contributed by atoms with van der Waals surface area (Å²) in [6, 6.07) is 0. The fourth-order valence-electron chi connectivity index (χ4n) is 1.33. The molecule has 0 aliphatic heterocycles. The molecule has 1 aliphatic carbocycles. The van der Waals surface area contributed by atoms with Gasteiger partial charge < -0.3 is 4.74 Å². The number of carbonyl (C=O) groups excluding carboxylic acids is 1. The van der Waals surface area contributed by atoms with Crippen LogP contribution in [0.5, 0.6) is 0 Å². The predicted molar refractivity (Wildman–Crippen MR) is 47.2 cm³/mol. The maximum absolute atomic E-state index is 11.0. The minimum absolute atomic E-state index is 0.0552. The standard InChI is InChI=1S/C7H11IO2/c1-7(6(9)10-2)3-5(8)4-7/h5H,3-4H2,1-2H3. The smallest absolute Gasteiger partial charge is 0.311 e. The van der Waals surface area contributed by atoms with Crippen molar-refractivity contribution in [3.63, 3.8) is 0 Å². The van der Waals surface area contributed by atoms with Crippen molar-refractivity contribution in [2.24, 2.45) is 5.41 Å². The van der Waals surface area contributed by atoms with E-state index in [0.29, 0.717) is 3.92 Å². The van der Waals surface area contributed by atoms with Crippen LogP contribution < -0.4 is 0 Å². The Morgan fingerprint density at radius 2 is 2.20 bits per heavy atom. The highest BCUT2D eigenvalue weighted by Crippen LogP contribution is 2.45. The van der Waals surface area contributed by atoms with Crippen molar-refractivity contribution in [1.82, 2.24) is 0 Å². The third-order valence-electron chi connectivity index (χ3n) is 2.02. The van der Waals surface area contributed by atoms with Gasteiger partial charge >= 0.3 is 5.97 Å². The Bertz CT molecular complexity index is 150. The fourth-order valence-corrected chi connectivity index (χ4v) is 3.27. The van der Waals surface area contributed by atoms with E-state index in [1.807, 2.05) is 6.92 Å². The average molecular weight is 254 g/mol. The minimum atomic E-state index is -0.166. The first-order valence-electron chi connectivity index (χ1n) is 3.31. The van der Waals surface area contributed by atoms with Gasteiger partial charge in [-0.3, -0.25) is 4.79 Å². The van der Waals surface area contributed by atoms with Crippen molar-refractivity contribution >= 4 is 28.6 Å². The van der Waals surface area contributed by atoms with E-state index in [1.54, 1.807) is 0 Å². The van der Waals surface area contributed by atoms with Crippen molar-refractivity contribution < 1.29 is 9.53 Å². The third-order valence-corrected chi connectivity index (χ3v) is 2.90. The Labute approximate surface area is 74.5 Å². The van der Waals surface area contributed by atoms with Gasteiger partial charge in [0.05, 0.1) is 12.5 Å². The summed E-state index contributed by atoms with van der Waals surface area (Å²) in [4.78, 5) is 11.0. The molecule has 1 aliphatic rings. The molecular formula is C7H11IO2. The molecule has 0 radical (unpaired) electrons. The molecule has 0 atom stereocenters. The van der Waals surface area contributed by atoms with Crippen LogP contribution in [0.3, 0.4) is 0 Å². The second-order valence-electron chi connectivity index (χ2n) is 3.06. The number of halogens is 1. The number of carbonyl (C=O) groups is 1. The van der Waals surface area contributed by atoms with Crippen molar-refractivity contribution in [3.05, 3.63) is 0 Å². The van der Waals surface area contributed by atoms with Crippen LogP contribution in [0, 0.1) is 5.41 Å². The summed E-state index contributed by atoms with van der Waals surface area (Å²) < 4.78 is 5.33. The zero-order chi connectivity index (χ0) is 7.78. The molecule has 58 valence electrons. The maximum atomic E-state index is 11.0. The van der Waals surface area contributed by atoms with Crippen LogP contribution in [-0.2, 0) is 9.53 Å². The summed E-state index contributed by atoms with van der Waals surface area (Å²) in [5.74, 6) is -0.0552. The largest absolute Gasteiger partial charge is 0.469 e. The Morgan fingerprint density at radius 1 is 1.70 bits per heavy atom. The van der Waals surface area contributed by atoms with Crippen molar-refractivity contribution in [1.29, 1.82) is 0 Å². The average Bonchev–Trinajstić information content (AvgIpc) is 1.83. The molecule has 1 fully saturated rings. The number of rotatable bonds is 1. The fraction of sp³-hybridized carbons (Fsp3) is 0.857.